The summed E-state index contributed by atoms with van der Waals surface area (Å²) in [6, 6.07) is 38.2. The Morgan fingerprint density at radius 1 is 0.317 bits per heavy atom. The topological polar surface area (TPSA) is 233 Å². The van der Waals surface area contributed by atoms with Crippen LogP contribution in [-0.4, -0.2) is 41.0 Å². The van der Waals surface area contributed by atoms with Crippen LogP contribution in [0.3, 0.4) is 0 Å². The quantitative estimate of drug-likeness (QED) is 0.0666. The maximum Gasteiger partial charge on any atom is 0.333 e. The molecule has 0 spiro atoms. The molecular formula is C42H34N8O8S2. The third-order valence-corrected chi connectivity index (χ3v) is 11.6. The number of carbonyl (C=O) groups excluding carboxylic acids is 4. The van der Waals surface area contributed by atoms with Gasteiger partial charge in [0.05, 0.1) is 22.7 Å². The fourth-order valence-electron chi connectivity index (χ4n) is 6.13. The molecule has 0 radical (unpaired) electrons. The van der Waals surface area contributed by atoms with E-state index in [0.29, 0.717) is 11.4 Å². The molecule has 0 unspecified atom stereocenters. The second kappa shape index (κ2) is 17.3. The summed E-state index contributed by atoms with van der Waals surface area (Å²) in [7, 11) is -9.03. The van der Waals surface area contributed by atoms with Gasteiger partial charge in [0.15, 0.2) is 0 Å². The molecule has 0 aliphatic rings. The molecule has 0 heterocycles. The van der Waals surface area contributed by atoms with E-state index >= 15 is 0 Å². The van der Waals surface area contributed by atoms with Crippen LogP contribution in [0, 0.1) is 0 Å². The molecule has 0 aromatic heterocycles. The smallest absolute Gasteiger partial charge is 0.307 e. The van der Waals surface area contributed by atoms with Gasteiger partial charge in [-0.05, 0) is 71.4 Å². The van der Waals surface area contributed by atoms with E-state index in [4.69, 9.17) is 0 Å². The van der Waals surface area contributed by atoms with Gasteiger partial charge in [-0.15, -0.1) is 0 Å². The monoisotopic (exact) mass is 842 g/mol. The van der Waals surface area contributed by atoms with Crippen molar-refractivity contribution in [3.8, 4) is 0 Å². The molecule has 0 saturated carbocycles. The number of anilines is 6. The van der Waals surface area contributed by atoms with Gasteiger partial charge in [-0.25, -0.2) is 45.5 Å². The second-order valence-electron chi connectivity index (χ2n) is 12.9. The van der Waals surface area contributed by atoms with Crippen LogP contribution in [0.15, 0.2) is 168 Å². The van der Waals surface area contributed by atoms with E-state index in [0.717, 1.165) is 21.5 Å². The van der Waals surface area contributed by atoms with Gasteiger partial charge < -0.3 is 31.9 Å². The molecule has 0 fully saturated rings. The highest BCUT2D eigenvalue weighted by molar-refractivity contribution is 7.90. The largest absolute Gasteiger partial charge is 0.333 e. The highest BCUT2D eigenvalue weighted by atomic mass is 32.2. The maximum atomic E-state index is 13.3. The Kier molecular flexibility index (Phi) is 11.6. The second-order valence-corrected chi connectivity index (χ2v) is 16.2. The molecule has 60 heavy (non-hydrogen) atoms. The predicted octanol–water partition coefficient (Wildman–Crippen LogP) is 8.30. The van der Waals surface area contributed by atoms with E-state index in [1.807, 2.05) is 70.1 Å². The third-order valence-electron chi connectivity index (χ3n) is 8.78. The Balaban J connectivity index is 0.933. The Bertz CT molecular complexity index is 2800. The zero-order valence-electron chi connectivity index (χ0n) is 31.1. The molecule has 7 aromatic rings. The lowest BCUT2D eigenvalue weighted by atomic mass is 10.1. The fraction of sp³-hybridized carbons (Fsp3) is 0. The minimum Gasteiger partial charge on any atom is -0.307 e. The molecule has 8 amide bonds. The SMILES string of the molecule is O=C(Nc1ccccc1S(=O)(=O)NC(=O)Nc1ccc(NC(=O)NS(=O)(=O)c2ccccc2NC(=O)Nc2cccc3ccccc23)cc1)Nc1cccc2ccccc12. The zero-order chi connectivity index (χ0) is 42.3. The molecule has 18 heteroatoms. The Hall–Kier alpha value is -7.96. The number of rotatable bonds is 10. The van der Waals surface area contributed by atoms with E-state index in [9.17, 15) is 36.0 Å². The van der Waals surface area contributed by atoms with Crippen LogP contribution in [0.25, 0.3) is 21.5 Å². The van der Waals surface area contributed by atoms with Crippen molar-refractivity contribution in [3.05, 3.63) is 158 Å². The van der Waals surface area contributed by atoms with Crippen molar-refractivity contribution in [2.75, 3.05) is 31.9 Å². The molecule has 302 valence electrons. The zero-order valence-corrected chi connectivity index (χ0v) is 32.7. The third kappa shape index (κ3) is 9.59. The summed E-state index contributed by atoms with van der Waals surface area (Å²) in [6.07, 6.45) is 0. The first kappa shape index (κ1) is 40.2. The number of urea groups is 4. The average Bonchev–Trinajstić information content (AvgIpc) is 3.21. The number of para-hydroxylation sites is 2. The van der Waals surface area contributed by atoms with Crippen LogP contribution in [0.2, 0.25) is 0 Å². The summed E-state index contributed by atoms with van der Waals surface area (Å²) in [6.45, 7) is 0. The summed E-state index contributed by atoms with van der Waals surface area (Å²) in [5, 5.41) is 18.6. The molecule has 0 atom stereocenters. The van der Waals surface area contributed by atoms with E-state index in [1.54, 1.807) is 24.3 Å². The van der Waals surface area contributed by atoms with Crippen molar-refractivity contribution in [2.24, 2.45) is 0 Å². The summed E-state index contributed by atoms with van der Waals surface area (Å²) in [5.74, 6) is 0. The van der Waals surface area contributed by atoms with Gasteiger partial charge in [0.25, 0.3) is 20.0 Å². The summed E-state index contributed by atoms with van der Waals surface area (Å²) < 4.78 is 56.9. The lowest BCUT2D eigenvalue weighted by Crippen LogP contribution is -2.35. The van der Waals surface area contributed by atoms with Crippen molar-refractivity contribution in [1.82, 2.24) is 9.44 Å². The number of carbonyl (C=O) groups is 4. The summed E-state index contributed by atoms with van der Waals surface area (Å²) in [4.78, 5) is 50.7. The first-order valence-corrected chi connectivity index (χ1v) is 20.9. The van der Waals surface area contributed by atoms with Crippen molar-refractivity contribution in [2.45, 2.75) is 9.79 Å². The molecule has 0 aliphatic carbocycles. The van der Waals surface area contributed by atoms with E-state index < -0.39 is 44.2 Å². The van der Waals surface area contributed by atoms with Gasteiger partial charge in [-0.1, -0.05) is 97.1 Å². The van der Waals surface area contributed by atoms with Gasteiger partial charge in [-0.3, -0.25) is 0 Å². The number of hydrogen-bond donors (Lipinski definition) is 8. The summed E-state index contributed by atoms with van der Waals surface area (Å²) in [5.41, 5.74) is 1.06. The lowest BCUT2D eigenvalue weighted by Gasteiger charge is -2.15. The number of fused-ring (bicyclic) bond motifs is 2. The Labute approximate surface area is 343 Å². The number of amides is 8. The number of nitrogens with one attached hydrogen (secondary N) is 8. The van der Waals surface area contributed by atoms with E-state index in [2.05, 4.69) is 31.9 Å². The number of benzene rings is 7. The van der Waals surface area contributed by atoms with Crippen LogP contribution in [0.5, 0.6) is 0 Å². The molecule has 7 aromatic carbocycles. The molecule has 16 nitrogen and oxygen atoms in total. The first-order chi connectivity index (χ1) is 28.8. The van der Waals surface area contributed by atoms with Gasteiger partial charge in [-0.2, -0.15) is 0 Å². The first-order valence-electron chi connectivity index (χ1n) is 17.9. The number of hydrogen-bond acceptors (Lipinski definition) is 8. The van der Waals surface area contributed by atoms with E-state index in [1.165, 1.54) is 72.8 Å². The van der Waals surface area contributed by atoms with Crippen LogP contribution in [0.1, 0.15) is 0 Å². The van der Waals surface area contributed by atoms with Crippen LogP contribution >= 0.6 is 0 Å². The van der Waals surface area contributed by atoms with Crippen LogP contribution in [0.4, 0.5) is 53.3 Å². The van der Waals surface area contributed by atoms with Gasteiger partial charge in [0.1, 0.15) is 9.79 Å². The molecule has 0 bridgehead atoms. The van der Waals surface area contributed by atoms with Crippen molar-refractivity contribution in [3.63, 3.8) is 0 Å². The predicted molar refractivity (Wildman–Crippen MR) is 231 cm³/mol. The highest BCUT2D eigenvalue weighted by Crippen LogP contribution is 2.27. The standard InChI is InChI=1S/C42H34N8O8S2/c51-39(45-33-19-9-13-27-11-1-3-15-31(27)33)47-35-17-5-7-21-37(35)59(55,56)49-41(53)43-29-23-25-30(26-24-29)44-42(54)50-60(57,58)38-22-8-6-18-36(38)48-40(52)46-34-20-10-14-28-12-2-4-16-32(28)34/h1-26H,(H2,43,49,53)(H2,44,50,54)(H2,45,47,51)(H2,46,48,52). The van der Waals surface area contributed by atoms with Gasteiger partial charge in [0.2, 0.25) is 0 Å². The minimum absolute atomic E-state index is 0.0895. The van der Waals surface area contributed by atoms with Crippen molar-refractivity contribution >= 4 is 99.8 Å². The lowest BCUT2D eigenvalue weighted by molar-refractivity contribution is 0.255. The van der Waals surface area contributed by atoms with E-state index in [-0.39, 0.29) is 32.5 Å². The van der Waals surface area contributed by atoms with Crippen molar-refractivity contribution < 1.29 is 36.0 Å². The molecule has 8 N–H and O–H groups in total. The minimum atomic E-state index is -4.51. The van der Waals surface area contributed by atoms with Gasteiger partial charge in [0, 0.05) is 22.1 Å². The Morgan fingerprint density at radius 3 is 1.05 bits per heavy atom. The fourth-order valence-corrected chi connectivity index (χ4v) is 8.28. The van der Waals surface area contributed by atoms with Crippen molar-refractivity contribution in [1.29, 1.82) is 0 Å². The molecule has 7 rings (SSSR count). The van der Waals surface area contributed by atoms with Crippen LogP contribution in [-0.2, 0) is 20.0 Å². The average molecular weight is 843 g/mol. The normalized spacial score (nSPS) is 11.2. The molecule has 0 saturated heterocycles. The van der Waals surface area contributed by atoms with Crippen LogP contribution < -0.4 is 41.3 Å². The van der Waals surface area contributed by atoms with Gasteiger partial charge >= 0.3 is 24.1 Å². The highest BCUT2D eigenvalue weighted by Gasteiger charge is 2.24. The maximum absolute atomic E-state index is 13.3. The number of sulfonamides is 2. The molecular weight excluding hydrogens is 809 g/mol. The summed E-state index contributed by atoms with van der Waals surface area (Å²) >= 11 is 0. The Morgan fingerprint density at radius 2 is 0.633 bits per heavy atom. The molecule has 0 aliphatic heterocycles.